The predicted molar refractivity (Wildman–Crippen MR) is 75.4 cm³/mol. The van der Waals surface area contributed by atoms with E-state index in [2.05, 4.69) is 0 Å². The number of aryl methyl sites for hydroxylation is 1. The molecule has 0 aromatic heterocycles. The largest absolute Gasteiger partial charge is 1.00 e. The summed E-state index contributed by atoms with van der Waals surface area (Å²) in [6.45, 7) is -4.44. The molecule has 2 aromatic rings. The molecule has 0 radical (unpaired) electrons. The van der Waals surface area contributed by atoms with Crippen LogP contribution in [0.4, 0.5) is 12.9 Å². The molecule has 0 heterocycles. The fourth-order valence-electron chi connectivity index (χ4n) is 1.89. The van der Waals surface area contributed by atoms with Gasteiger partial charge in [0, 0.05) is 0 Å². The first kappa shape index (κ1) is 18.8. The van der Waals surface area contributed by atoms with Crippen molar-refractivity contribution in [3.8, 4) is 5.75 Å². The van der Waals surface area contributed by atoms with Gasteiger partial charge in [-0.05, 0) is 30.5 Å². The molecule has 6 heteroatoms. The van der Waals surface area contributed by atoms with E-state index in [9.17, 15) is 12.9 Å². The van der Waals surface area contributed by atoms with Gasteiger partial charge in [0.25, 0.3) is 0 Å². The monoisotopic (exact) mass is 318 g/mol. The summed E-state index contributed by atoms with van der Waals surface area (Å²) in [6.07, 6.45) is 1.72. The molecule has 0 saturated carbocycles. The minimum absolute atomic E-state index is 0. The molecule has 0 aliphatic carbocycles. The van der Waals surface area contributed by atoms with Crippen LogP contribution in [0.3, 0.4) is 0 Å². The van der Waals surface area contributed by atoms with E-state index in [1.54, 1.807) is 0 Å². The molecule has 2 aromatic carbocycles. The van der Waals surface area contributed by atoms with Gasteiger partial charge in [-0.15, -0.1) is 5.46 Å². The Hall–Kier alpha value is -0.269. The van der Waals surface area contributed by atoms with E-state index in [0.29, 0.717) is 12.4 Å². The third-order valence-electron chi connectivity index (χ3n) is 2.98. The van der Waals surface area contributed by atoms with E-state index in [0.717, 1.165) is 25.0 Å². The first-order chi connectivity index (χ1) is 9.55. The van der Waals surface area contributed by atoms with Crippen LogP contribution in [-0.4, -0.2) is 13.6 Å². The summed E-state index contributed by atoms with van der Waals surface area (Å²) in [5.41, 5.74) is 0.632. The van der Waals surface area contributed by atoms with Gasteiger partial charge in [0.1, 0.15) is 5.75 Å². The molecule has 0 aliphatic rings. The molecule has 0 saturated heterocycles. The van der Waals surface area contributed by atoms with Crippen molar-refractivity contribution in [1.82, 2.24) is 0 Å². The first-order valence-electron chi connectivity index (χ1n) is 6.52. The summed E-state index contributed by atoms with van der Waals surface area (Å²) in [5, 5.41) is 0. The van der Waals surface area contributed by atoms with Crippen molar-refractivity contribution in [2.75, 3.05) is 6.61 Å². The molecule has 1 nitrogen and oxygen atoms in total. The van der Waals surface area contributed by atoms with Crippen molar-refractivity contribution < 1.29 is 69.1 Å². The van der Waals surface area contributed by atoms with Gasteiger partial charge in [-0.2, -0.15) is 0 Å². The average Bonchev–Trinajstić information content (AvgIpc) is 2.44. The zero-order valence-corrected chi connectivity index (χ0v) is 15.1. The van der Waals surface area contributed by atoms with Crippen LogP contribution in [0.5, 0.6) is 5.75 Å². The second-order valence-corrected chi connectivity index (χ2v) is 4.58. The van der Waals surface area contributed by atoms with Gasteiger partial charge in [-0.1, -0.05) is 42.5 Å². The summed E-state index contributed by atoms with van der Waals surface area (Å²) in [7, 11) is 0. The van der Waals surface area contributed by atoms with Crippen LogP contribution >= 0.6 is 0 Å². The van der Waals surface area contributed by atoms with Crippen LogP contribution in [0.1, 0.15) is 12.0 Å². The van der Waals surface area contributed by atoms with Crippen molar-refractivity contribution in [3.05, 3.63) is 60.2 Å². The topological polar surface area (TPSA) is 9.23 Å². The van der Waals surface area contributed by atoms with Gasteiger partial charge in [0.05, 0.1) is 6.61 Å². The average molecular weight is 318 g/mol. The van der Waals surface area contributed by atoms with Crippen molar-refractivity contribution in [1.29, 1.82) is 0 Å². The van der Waals surface area contributed by atoms with E-state index >= 15 is 0 Å². The van der Waals surface area contributed by atoms with Gasteiger partial charge in [-0.25, -0.2) is 0 Å². The van der Waals surface area contributed by atoms with Crippen molar-refractivity contribution in [2.24, 2.45) is 0 Å². The third kappa shape index (κ3) is 6.57. The van der Waals surface area contributed by atoms with E-state index in [-0.39, 0.29) is 51.4 Å². The van der Waals surface area contributed by atoms with Gasteiger partial charge < -0.3 is 17.7 Å². The van der Waals surface area contributed by atoms with Crippen LogP contribution in [0.2, 0.25) is 0 Å². The SMILES string of the molecule is F[B-](F)(F)c1ccc(OCCCc2ccccc2)cc1.[K+]. The molecule has 0 unspecified atom stereocenters. The predicted octanol–water partition coefficient (Wildman–Crippen LogP) is 0.757. The van der Waals surface area contributed by atoms with Crippen LogP contribution in [0.15, 0.2) is 54.6 Å². The Morgan fingerprint density at radius 1 is 0.857 bits per heavy atom. The Bertz CT molecular complexity index is 529. The molecular formula is C15H15BF3KO. The van der Waals surface area contributed by atoms with E-state index in [1.165, 1.54) is 17.7 Å². The zero-order valence-electron chi connectivity index (χ0n) is 11.9. The Morgan fingerprint density at radius 2 is 1.48 bits per heavy atom. The third-order valence-corrected chi connectivity index (χ3v) is 2.98. The van der Waals surface area contributed by atoms with E-state index in [4.69, 9.17) is 4.74 Å². The van der Waals surface area contributed by atoms with Crippen LogP contribution < -0.4 is 61.6 Å². The molecule has 106 valence electrons. The molecule has 0 N–H and O–H groups in total. The summed E-state index contributed by atoms with van der Waals surface area (Å²) in [5.74, 6) is 0.474. The quantitative estimate of drug-likeness (QED) is 0.564. The maximum Gasteiger partial charge on any atom is 1.00 e. The fourth-order valence-corrected chi connectivity index (χ4v) is 1.89. The molecule has 21 heavy (non-hydrogen) atoms. The van der Waals surface area contributed by atoms with Gasteiger partial charge >= 0.3 is 58.4 Å². The van der Waals surface area contributed by atoms with Gasteiger partial charge in [-0.3, -0.25) is 0 Å². The van der Waals surface area contributed by atoms with Crippen LogP contribution in [-0.2, 0) is 6.42 Å². The number of benzene rings is 2. The molecule has 0 bridgehead atoms. The summed E-state index contributed by atoms with van der Waals surface area (Å²) < 4.78 is 42.7. The Morgan fingerprint density at radius 3 is 2.05 bits per heavy atom. The Labute approximate surface area is 165 Å². The van der Waals surface area contributed by atoms with Gasteiger partial charge in [0.15, 0.2) is 0 Å². The second-order valence-electron chi connectivity index (χ2n) is 4.58. The first-order valence-corrected chi connectivity index (χ1v) is 6.52. The summed E-state index contributed by atoms with van der Waals surface area (Å²) >= 11 is 0. The van der Waals surface area contributed by atoms with Crippen molar-refractivity contribution >= 4 is 12.4 Å². The van der Waals surface area contributed by atoms with E-state index in [1.807, 2.05) is 30.3 Å². The standard InChI is InChI=1S/C15H15BF3O.K/c17-16(18,19)14-8-10-15(11-9-14)20-12-4-7-13-5-2-1-3-6-13;/h1-3,5-6,8-11H,4,7,12H2;/q-1;+1. The number of halogens is 3. The van der Waals surface area contributed by atoms with Crippen molar-refractivity contribution in [2.45, 2.75) is 12.8 Å². The molecule has 2 rings (SSSR count). The van der Waals surface area contributed by atoms with E-state index < -0.39 is 12.4 Å². The summed E-state index contributed by atoms with van der Waals surface area (Å²) in [6, 6.07) is 14.9. The number of ether oxygens (including phenoxy) is 1. The molecule has 0 atom stereocenters. The normalized spacial score (nSPS) is 10.8. The molecule has 0 fully saturated rings. The van der Waals surface area contributed by atoms with Crippen molar-refractivity contribution in [3.63, 3.8) is 0 Å². The van der Waals surface area contributed by atoms with Crippen LogP contribution in [0.25, 0.3) is 0 Å². The fraction of sp³-hybridized carbons (Fsp3) is 0.200. The Balaban J connectivity index is 0.00000220. The minimum Gasteiger partial charge on any atom is -0.494 e. The number of hydrogen-bond donors (Lipinski definition) is 0. The zero-order chi connectivity index (χ0) is 14.4. The smallest absolute Gasteiger partial charge is 0.494 e. The maximum atomic E-state index is 12.4. The minimum atomic E-state index is -4.93. The summed E-state index contributed by atoms with van der Waals surface area (Å²) in [4.78, 5) is 0. The van der Waals surface area contributed by atoms with Gasteiger partial charge in [0.2, 0.25) is 0 Å². The molecule has 0 spiro atoms. The Kier molecular flexibility index (Phi) is 8.05. The van der Waals surface area contributed by atoms with Crippen LogP contribution in [0, 0.1) is 0 Å². The maximum absolute atomic E-state index is 12.4. The number of hydrogen-bond acceptors (Lipinski definition) is 1. The molecular weight excluding hydrogens is 303 g/mol. The number of rotatable bonds is 6. The second kappa shape index (κ2) is 9.00. The molecule has 0 amide bonds. The molecule has 0 aliphatic heterocycles.